The van der Waals surface area contributed by atoms with Crippen LogP contribution in [0.2, 0.25) is 0 Å². The minimum absolute atomic E-state index is 0. The fraction of sp³-hybridized carbons (Fsp3) is 0. The summed E-state index contributed by atoms with van der Waals surface area (Å²) in [5, 5.41) is 0. The van der Waals surface area contributed by atoms with Crippen molar-refractivity contribution in [1.29, 1.82) is 0 Å². The number of hydrogen-bond acceptors (Lipinski definition) is 9. The first-order valence-electron chi connectivity index (χ1n) is 1.39. The van der Waals surface area contributed by atoms with Crippen molar-refractivity contribution >= 4 is 0 Å². The Hall–Kier alpha value is 3.42. The van der Waals surface area contributed by atoms with E-state index in [-0.39, 0.29) is 81.7 Å². The van der Waals surface area contributed by atoms with Crippen molar-refractivity contribution in [3.05, 3.63) is 0 Å². The molecule has 0 saturated carbocycles. The van der Waals surface area contributed by atoms with E-state index < -0.39 is 43.5 Å². The Morgan fingerprint density at radius 1 is 0.500 bits per heavy atom. The van der Waals surface area contributed by atoms with Gasteiger partial charge in [0.25, 0.3) is 0 Å². The van der Waals surface area contributed by atoms with Crippen LogP contribution in [0.3, 0.4) is 0 Å². The molecular formula is Mn3Nd2O9. The molecule has 0 N–H and O–H groups in total. The Morgan fingerprint density at radius 3 is 0.500 bits per heavy atom. The van der Waals surface area contributed by atoms with Crippen LogP contribution in [0.1, 0.15) is 0 Å². The third kappa shape index (κ3) is 274. The maximum atomic E-state index is 8.52. The zero-order valence-corrected chi connectivity index (χ0v) is 15.8. The molecule has 2 radical (unpaired) electrons. The van der Waals surface area contributed by atoms with Crippen molar-refractivity contribution < 1.29 is 162 Å². The Bertz CT molecular complexity index is 116. The summed E-state index contributed by atoms with van der Waals surface area (Å²) in [6, 6.07) is 0. The van der Waals surface area contributed by atoms with Gasteiger partial charge in [-0.25, -0.2) is 0 Å². The summed E-state index contributed by atoms with van der Waals surface area (Å²) in [6.07, 6.45) is 0. The molecule has 0 unspecified atom stereocenters. The molecule has 0 fully saturated rings. The van der Waals surface area contributed by atoms with Gasteiger partial charge in [-0.3, -0.25) is 0 Å². The molecule has 14 heteroatoms. The van der Waals surface area contributed by atoms with Gasteiger partial charge in [0.2, 0.25) is 0 Å². The first-order valence-corrected chi connectivity index (χ1v) is 5.73. The molecule has 14 heavy (non-hydrogen) atoms. The first-order chi connectivity index (χ1) is 5.20. The summed E-state index contributed by atoms with van der Waals surface area (Å²) in [6.45, 7) is 0. The minimum atomic E-state index is -3.65. The molecule has 0 aromatic rings. The van der Waals surface area contributed by atoms with Gasteiger partial charge in [-0.2, -0.15) is 0 Å². The normalized spacial score (nSPS) is 7.50. The van der Waals surface area contributed by atoms with Crippen molar-refractivity contribution in [2.75, 3.05) is 0 Å². The van der Waals surface area contributed by atoms with E-state index in [2.05, 4.69) is 0 Å². The average molecular weight is 597 g/mol. The van der Waals surface area contributed by atoms with Gasteiger partial charge in [0.1, 0.15) is 0 Å². The molecule has 0 atom stereocenters. The predicted octanol–water partition coefficient (Wildman–Crippen LogP) is -7.50. The van der Waals surface area contributed by atoms with Crippen LogP contribution in [0.4, 0.5) is 0 Å². The summed E-state index contributed by atoms with van der Waals surface area (Å²) in [7, 11) is 0. The van der Waals surface area contributed by atoms with Gasteiger partial charge >= 0.3 is 162 Å². The topological polar surface area (TPSA) is 190 Å². The fourth-order valence-electron chi connectivity index (χ4n) is 0. The molecule has 0 heterocycles. The standard InChI is InChI=1S/3Mn.2Nd.9O/q;;;2*+3;;;;6*-1. The number of hydrogen-bond donors (Lipinski definition) is 0. The van der Waals surface area contributed by atoms with Gasteiger partial charge in [-0.15, -0.1) is 0 Å². The monoisotopic (exact) mass is 593 g/mol. The molecule has 0 aromatic heterocycles. The second-order valence-electron chi connectivity index (χ2n) is 0.567. The summed E-state index contributed by atoms with van der Waals surface area (Å²) >= 11 is -10.9. The van der Waals surface area contributed by atoms with Gasteiger partial charge in [0.05, 0.1) is 0 Å². The van der Waals surface area contributed by atoms with Crippen LogP contribution in [-0.2, 0) is 55.0 Å². The van der Waals surface area contributed by atoms with E-state index in [4.69, 9.17) is 36.6 Å². The van der Waals surface area contributed by atoms with E-state index in [1.807, 2.05) is 0 Å². The van der Waals surface area contributed by atoms with Gasteiger partial charge in [-0.1, -0.05) is 0 Å². The van der Waals surface area contributed by atoms with Gasteiger partial charge in [0.15, 0.2) is 0 Å². The van der Waals surface area contributed by atoms with Crippen LogP contribution < -0.4 is 25.1 Å². The van der Waals surface area contributed by atoms with E-state index in [0.29, 0.717) is 0 Å². The molecule has 0 aliphatic carbocycles. The van der Waals surface area contributed by atoms with Crippen molar-refractivity contribution in [3.63, 3.8) is 0 Å². The summed E-state index contributed by atoms with van der Waals surface area (Å²) in [5.41, 5.74) is 0. The van der Waals surface area contributed by atoms with Crippen molar-refractivity contribution in [2.24, 2.45) is 0 Å². The third-order valence-corrected chi connectivity index (χ3v) is 0. The Kier molecular flexibility index (Phi) is 55.0. The predicted molar refractivity (Wildman–Crippen MR) is 2.06 cm³/mol. The maximum absolute atomic E-state index is 8.52. The molecule has 0 spiro atoms. The zero-order chi connectivity index (χ0) is 10.7. The van der Waals surface area contributed by atoms with Crippen molar-refractivity contribution in [3.8, 4) is 0 Å². The van der Waals surface area contributed by atoms with Crippen molar-refractivity contribution in [1.82, 2.24) is 0 Å². The summed E-state index contributed by atoms with van der Waals surface area (Å²) < 4.78 is 76.7. The molecule has 0 rings (SSSR count). The molecule has 0 aromatic carbocycles. The third-order valence-electron chi connectivity index (χ3n) is 0. The molecule has 0 bridgehead atoms. The van der Waals surface area contributed by atoms with Crippen LogP contribution in [0, 0.1) is 81.7 Å². The Labute approximate surface area is 158 Å². The first kappa shape index (κ1) is 30.4. The number of rotatable bonds is 0. The van der Waals surface area contributed by atoms with Crippen LogP contribution in [0.5, 0.6) is 0 Å². The second kappa shape index (κ2) is 25.3. The van der Waals surface area contributed by atoms with Crippen LogP contribution >= 0.6 is 0 Å². The summed E-state index contributed by atoms with van der Waals surface area (Å²) in [4.78, 5) is 0. The quantitative estimate of drug-likeness (QED) is 0.244. The van der Waals surface area contributed by atoms with E-state index in [9.17, 15) is 0 Å². The molecule has 83 valence electrons. The van der Waals surface area contributed by atoms with Crippen LogP contribution in [-0.4, -0.2) is 0 Å². The SMILES string of the molecule is [Nd+3].[Nd+3].[O]=[Mn]([O-])[O-].[O]=[Mn]([O-])[O-].[O]=[Mn]([O-])[O-]. The zero-order valence-electron chi connectivity index (χ0n) is 5.81. The van der Waals surface area contributed by atoms with E-state index in [1.54, 1.807) is 0 Å². The van der Waals surface area contributed by atoms with E-state index >= 15 is 0 Å². The molecule has 0 aliphatic heterocycles. The van der Waals surface area contributed by atoms with E-state index in [1.165, 1.54) is 0 Å². The Morgan fingerprint density at radius 2 is 0.500 bits per heavy atom. The van der Waals surface area contributed by atoms with E-state index in [0.717, 1.165) is 0 Å². The van der Waals surface area contributed by atoms with Crippen LogP contribution in [0.15, 0.2) is 0 Å². The fourth-order valence-corrected chi connectivity index (χ4v) is 0. The molecule has 9 nitrogen and oxygen atoms in total. The van der Waals surface area contributed by atoms with Gasteiger partial charge in [0, 0.05) is 0 Å². The molecule has 0 saturated heterocycles. The van der Waals surface area contributed by atoms with Gasteiger partial charge in [-0.05, 0) is 0 Å². The van der Waals surface area contributed by atoms with Gasteiger partial charge < -0.3 is 0 Å². The second-order valence-corrected chi connectivity index (χ2v) is 2.34. The van der Waals surface area contributed by atoms with Crippen molar-refractivity contribution in [2.45, 2.75) is 0 Å². The summed E-state index contributed by atoms with van der Waals surface area (Å²) in [5.74, 6) is 0. The average Bonchev–Trinajstić information content (AvgIpc) is 1.54. The van der Waals surface area contributed by atoms with Crippen LogP contribution in [0.25, 0.3) is 0 Å². The molecule has 0 aliphatic rings. The Balaban J connectivity index is -0.0000000270. The molecular weight excluding hydrogens is 597 g/mol. The molecule has 0 amide bonds.